The Bertz CT molecular complexity index is 2220. The SMILES string of the molecule is COc1ccc(C2C3=CCC4C(=O)N(C5CCN(Cc6ccccc6)CC5)C(=O)C4C3CC3C(=O)N(Nc4ccc(C)cc4)C(=O)C32c2ccccc2)c(O)c1. The van der Waals surface area contributed by atoms with Crippen molar-refractivity contribution in [1.82, 2.24) is 14.8 Å². The average Bonchev–Trinajstić information content (AvgIpc) is 3.60. The predicted octanol–water partition coefficient (Wildman–Crippen LogP) is 6.36. The van der Waals surface area contributed by atoms with E-state index in [1.807, 2.05) is 85.8 Å². The number of carbonyl (C=O) groups excluding carboxylic acids is 4. The second-order valence-corrected chi connectivity index (χ2v) is 16.1. The minimum atomic E-state index is -1.46. The normalized spacial score (nSPS) is 27.8. The van der Waals surface area contributed by atoms with Gasteiger partial charge in [0.05, 0.1) is 36.0 Å². The summed E-state index contributed by atoms with van der Waals surface area (Å²) in [7, 11) is 1.52. The number of phenolic OH excluding ortho intramolecular Hbond substituents is 1. The number of piperidine rings is 1. The van der Waals surface area contributed by atoms with Gasteiger partial charge in [0, 0.05) is 43.2 Å². The van der Waals surface area contributed by atoms with E-state index in [0.29, 0.717) is 41.8 Å². The molecule has 3 aliphatic heterocycles. The van der Waals surface area contributed by atoms with Crippen molar-refractivity contribution in [3.05, 3.63) is 137 Å². The third-order valence-electron chi connectivity index (χ3n) is 13.1. The Balaban J connectivity index is 1.11. The molecule has 5 aliphatic rings. The third kappa shape index (κ3) is 5.64. The van der Waals surface area contributed by atoms with Crippen LogP contribution in [0.1, 0.15) is 53.9 Å². The van der Waals surface area contributed by atoms with Crippen molar-refractivity contribution in [1.29, 1.82) is 0 Å². The monoisotopic (exact) mass is 750 g/mol. The molecule has 0 spiro atoms. The standard InChI is InChI=1S/C46H46N4O6/c1-28-13-15-31(16-14-28)47-50-43(53)38-26-37-34(41(35-18-17-33(56-2)25-39(35)51)46(38,45(50)55)30-11-7-4-8-12-30)19-20-36-40(37)44(54)49(42(36)52)32-21-23-48(24-22-32)27-29-9-5-3-6-10-29/h3-19,25,32,36-38,40-41,47,51H,20-24,26-27H2,1-2H3. The van der Waals surface area contributed by atoms with Crippen LogP contribution in [0.4, 0.5) is 5.69 Å². The van der Waals surface area contributed by atoms with Crippen LogP contribution < -0.4 is 10.2 Å². The van der Waals surface area contributed by atoms with Gasteiger partial charge in [-0.05, 0) is 67.9 Å². The maximum atomic E-state index is 15.4. The Kier molecular flexibility index (Phi) is 9.04. The lowest BCUT2D eigenvalue weighted by molar-refractivity contribution is -0.144. The zero-order valence-electron chi connectivity index (χ0n) is 31.6. The molecule has 3 saturated heterocycles. The van der Waals surface area contributed by atoms with Crippen molar-refractivity contribution < 1.29 is 29.0 Å². The van der Waals surface area contributed by atoms with E-state index in [1.54, 1.807) is 17.0 Å². The van der Waals surface area contributed by atoms with Crippen molar-refractivity contribution in [2.24, 2.45) is 23.7 Å². The zero-order chi connectivity index (χ0) is 38.7. The van der Waals surface area contributed by atoms with E-state index in [1.165, 1.54) is 18.7 Å². The molecule has 2 N–H and O–H groups in total. The highest BCUT2D eigenvalue weighted by Gasteiger charge is 2.70. The van der Waals surface area contributed by atoms with Crippen LogP contribution in [0, 0.1) is 30.6 Å². The fourth-order valence-corrected chi connectivity index (χ4v) is 10.5. The quantitative estimate of drug-likeness (QED) is 0.158. The van der Waals surface area contributed by atoms with E-state index in [9.17, 15) is 19.5 Å². The second-order valence-electron chi connectivity index (χ2n) is 16.1. The summed E-state index contributed by atoms with van der Waals surface area (Å²) >= 11 is 0. The smallest absolute Gasteiger partial charge is 0.260 e. The van der Waals surface area contributed by atoms with Crippen LogP contribution in [-0.4, -0.2) is 69.8 Å². The number of aryl methyl sites for hydroxylation is 1. The van der Waals surface area contributed by atoms with Gasteiger partial charge in [0.15, 0.2) is 0 Å². The van der Waals surface area contributed by atoms with Crippen molar-refractivity contribution in [3.8, 4) is 11.5 Å². The molecule has 4 aromatic rings. The number of hydrazine groups is 1. The third-order valence-corrected chi connectivity index (χ3v) is 13.1. The average molecular weight is 751 g/mol. The topological polar surface area (TPSA) is 119 Å². The molecule has 286 valence electrons. The maximum absolute atomic E-state index is 15.4. The summed E-state index contributed by atoms with van der Waals surface area (Å²) in [5, 5.41) is 12.9. The highest BCUT2D eigenvalue weighted by molar-refractivity contribution is 6.13. The molecule has 2 aliphatic carbocycles. The molecule has 0 radical (unpaired) electrons. The molecule has 4 fully saturated rings. The van der Waals surface area contributed by atoms with E-state index >= 15 is 4.79 Å². The number of imide groups is 2. The molecule has 3 heterocycles. The number of ether oxygens (including phenoxy) is 1. The number of benzene rings is 4. The number of likely N-dealkylation sites (tertiary alicyclic amines) is 2. The summed E-state index contributed by atoms with van der Waals surface area (Å²) in [4.78, 5) is 63.4. The number of amides is 4. The number of fused-ring (bicyclic) bond motifs is 4. The molecule has 1 saturated carbocycles. The number of phenols is 1. The van der Waals surface area contributed by atoms with Crippen molar-refractivity contribution in [2.75, 3.05) is 25.6 Å². The van der Waals surface area contributed by atoms with Gasteiger partial charge >= 0.3 is 0 Å². The fraction of sp³-hybridized carbons (Fsp3) is 0.348. The summed E-state index contributed by atoms with van der Waals surface area (Å²) in [6.45, 7) is 4.34. The Morgan fingerprint density at radius 1 is 0.821 bits per heavy atom. The van der Waals surface area contributed by atoms with Gasteiger partial charge in [-0.25, -0.2) is 0 Å². The van der Waals surface area contributed by atoms with Gasteiger partial charge in [-0.2, -0.15) is 5.01 Å². The van der Waals surface area contributed by atoms with Crippen LogP contribution in [0.3, 0.4) is 0 Å². The summed E-state index contributed by atoms with van der Waals surface area (Å²) in [6, 6.07) is 32.0. The number of nitrogens with zero attached hydrogens (tertiary/aromatic N) is 3. The second kappa shape index (κ2) is 14.1. The molecular formula is C46H46N4O6. The minimum Gasteiger partial charge on any atom is -0.508 e. The Hall–Kier alpha value is -5.74. The summed E-state index contributed by atoms with van der Waals surface area (Å²) in [6.07, 6.45) is 3.97. The predicted molar refractivity (Wildman–Crippen MR) is 210 cm³/mol. The minimum absolute atomic E-state index is 0.0741. The maximum Gasteiger partial charge on any atom is 0.260 e. The first-order chi connectivity index (χ1) is 27.2. The number of hydrogen-bond acceptors (Lipinski definition) is 8. The highest BCUT2D eigenvalue weighted by Crippen LogP contribution is 2.65. The Labute approximate surface area is 326 Å². The first kappa shape index (κ1) is 35.9. The molecule has 4 aromatic carbocycles. The molecule has 0 aromatic heterocycles. The van der Waals surface area contributed by atoms with Crippen LogP contribution in [0.2, 0.25) is 0 Å². The molecule has 9 rings (SSSR count). The largest absolute Gasteiger partial charge is 0.508 e. The first-order valence-electron chi connectivity index (χ1n) is 19.7. The van der Waals surface area contributed by atoms with Gasteiger partial charge < -0.3 is 9.84 Å². The van der Waals surface area contributed by atoms with Crippen molar-refractivity contribution in [3.63, 3.8) is 0 Å². The Morgan fingerprint density at radius 2 is 1.52 bits per heavy atom. The molecule has 10 heteroatoms. The lowest BCUT2D eigenvalue weighted by Gasteiger charge is -2.50. The summed E-state index contributed by atoms with van der Waals surface area (Å²) < 4.78 is 5.45. The number of nitrogens with one attached hydrogen (secondary N) is 1. The van der Waals surface area contributed by atoms with Gasteiger partial charge in [0.1, 0.15) is 11.5 Å². The lowest BCUT2D eigenvalue weighted by atomic mass is 9.49. The van der Waals surface area contributed by atoms with Gasteiger partial charge in [-0.3, -0.25) is 34.4 Å². The molecule has 6 atom stereocenters. The van der Waals surface area contributed by atoms with E-state index in [4.69, 9.17) is 4.74 Å². The summed E-state index contributed by atoms with van der Waals surface area (Å²) in [5.41, 5.74) is 6.45. The van der Waals surface area contributed by atoms with Crippen LogP contribution >= 0.6 is 0 Å². The van der Waals surface area contributed by atoms with E-state index in [0.717, 1.165) is 35.8 Å². The highest BCUT2D eigenvalue weighted by atomic mass is 16.5. The molecule has 56 heavy (non-hydrogen) atoms. The van der Waals surface area contributed by atoms with E-state index < -0.39 is 46.8 Å². The number of anilines is 1. The first-order valence-corrected chi connectivity index (χ1v) is 19.7. The van der Waals surface area contributed by atoms with E-state index in [2.05, 4.69) is 22.5 Å². The fourth-order valence-electron chi connectivity index (χ4n) is 10.5. The number of methoxy groups -OCH3 is 1. The van der Waals surface area contributed by atoms with Gasteiger partial charge in [-0.1, -0.05) is 96.1 Å². The summed E-state index contributed by atoms with van der Waals surface area (Å²) in [5.74, 6) is -4.25. The van der Waals surface area contributed by atoms with Crippen LogP contribution in [0.5, 0.6) is 11.5 Å². The van der Waals surface area contributed by atoms with Gasteiger partial charge in [-0.15, -0.1) is 0 Å². The van der Waals surface area contributed by atoms with Crippen LogP contribution in [0.15, 0.2) is 115 Å². The van der Waals surface area contributed by atoms with Gasteiger partial charge in [0.2, 0.25) is 11.8 Å². The molecule has 6 unspecified atom stereocenters. The molecular weight excluding hydrogens is 705 g/mol. The lowest BCUT2D eigenvalue weighted by Crippen LogP contribution is -2.53. The van der Waals surface area contributed by atoms with E-state index in [-0.39, 0.29) is 30.0 Å². The molecule has 10 nitrogen and oxygen atoms in total. The zero-order valence-corrected chi connectivity index (χ0v) is 31.6. The Morgan fingerprint density at radius 3 is 2.20 bits per heavy atom. The van der Waals surface area contributed by atoms with Crippen LogP contribution in [0.25, 0.3) is 0 Å². The molecule has 0 bridgehead atoms. The van der Waals surface area contributed by atoms with Crippen LogP contribution in [-0.2, 0) is 31.1 Å². The number of hydrogen-bond donors (Lipinski definition) is 2. The molecule has 4 amide bonds. The van der Waals surface area contributed by atoms with Crippen molar-refractivity contribution >= 4 is 29.3 Å². The number of rotatable bonds is 8. The number of allylic oxidation sites excluding steroid dienone is 2. The number of carbonyl (C=O) groups is 4. The number of aromatic hydroxyl groups is 1. The van der Waals surface area contributed by atoms with Crippen molar-refractivity contribution in [2.45, 2.75) is 56.5 Å². The van der Waals surface area contributed by atoms with Gasteiger partial charge in [0.25, 0.3) is 11.8 Å².